The van der Waals surface area contributed by atoms with Gasteiger partial charge in [0.25, 0.3) is 0 Å². The second kappa shape index (κ2) is 7.97. The van der Waals surface area contributed by atoms with Crippen LogP contribution in [0.25, 0.3) is 0 Å². The van der Waals surface area contributed by atoms with Crippen molar-refractivity contribution in [1.29, 1.82) is 0 Å². The molecule has 0 aromatic heterocycles. The normalized spacial score (nSPS) is 9.74. The van der Waals surface area contributed by atoms with Crippen LogP contribution in [0.2, 0.25) is 0 Å². The first-order valence-electron chi connectivity index (χ1n) is 5.82. The SMILES string of the molecule is COC(=O)CCOC(=O)CCOc1cccc(N)c1. The molecule has 0 bridgehead atoms. The van der Waals surface area contributed by atoms with Gasteiger partial charge in [0.05, 0.1) is 26.6 Å². The van der Waals surface area contributed by atoms with Gasteiger partial charge in [-0.3, -0.25) is 9.59 Å². The molecule has 19 heavy (non-hydrogen) atoms. The number of ether oxygens (including phenoxy) is 3. The molecule has 0 aliphatic carbocycles. The highest BCUT2D eigenvalue weighted by molar-refractivity contribution is 5.71. The van der Waals surface area contributed by atoms with Crippen LogP contribution in [0, 0.1) is 0 Å². The number of esters is 2. The number of methoxy groups -OCH3 is 1. The smallest absolute Gasteiger partial charge is 0.309 e. The zero-order chi connectivity index (χ0) is 14.1. The largest absolute Gasteiger partial charge is 0.493 e. The van der Waals surface area contributed by atoms with Crippen LogP contribution >= 0.6 is 0 Å². The maximum Gasteiger partial charge on any atom is 0.309 e. The minimum absolute atomic E-state index is 0.0177. The molecule has 6 heteroatoms. The van der Waals surface area contributed by atoms with Gasteiger partial charge in [0.2, 0.25) is 0 Å². The van der Waals surface area contributed by atoms with Crippen molar-refractivity contribution in [2.75, 3.05) is 26.1 Å². The third-order valence-electron chi connectivity index (χ3n) is 2.23. The summed E-state index contributed by atoms with van der Waals surface area (Å²) >= 11 is 0. The number of carbonyl (C=O) groups is 2. The second-order valence-electron chi connectivity index (χ2n) is 3.72. The molecular weight excluding hydrogens is 250 g/mol. The van der Waals surface area contributed by atoms with Crippen molar-refractivity contribution in [3.8, 4) is 5.75 Å². The Hall–Kier alpha value is -2.24. The Morgan fingerprint density at radius 1 is 1.16 bits per heavy atom. The van der Waals surface area contributed by atoms with E-state index in [1.165, 1.54) is 7.11 Å². The van der Waals surface area contributed by atoms with Crippen LogP contribution in [-0.4, -0.2) is 32.3 Å². The Bertz CT molecular complexity index is 433. The van der Waals surface area contributed by atoms with E-state index in [0.29, 0.717) is 11.4 Å². The molecule has 2 N–H and O–H groups in total. The van der Waals surface area contributed by atoms with Crippen molar-refractivity contribution in [2.45, 2.75) is 12.8 Å². The maximum absolute atomic E-state index is 11.3. The van der Waals surface area contributed by atoms with Gasteiger partial charge in [-0.05, 0) is 12.1 Å². The van der Waals surface area contributed by atoms with E-state index in [-0.39, 0.29) is 26.1 Å². The number of carbonyl (C=O) groups excluding carboxylic acids is 2. The van der Waals surface area contributed by atoms with Gasteiger partial charge in [-0.25, -0.2) is 0 Å². The molecule has 0 heterocycles. The summed E-state index contributed by atoms with van der Waals surface area (Å²) in [5, 5.41) is 0. The van der Waals surface area contributed by atoms with E-state index in [2.05, 4.69) is 4.74 Å². The zero-order valence-corrected chi connectivity index (χ0v) is 10.8. The lowest BCUT2D eigenvalue weighted by Gasteiger charge is -2.07. The molecule has 0 fully saturated rings. The first-order valence-corrected chi connectivity index (χ1v) is 5.82. The van der Waals surface area contributed by atoms with Gasteiger partial charge in [-0.15, -0.1) is 0 Å². The van der Waals surface area contributed by atoms with Crippen LogP contribution in [-0.2, 0) is 19.1 Å². The number of nitrogens with two attached hydrogens (primary N) is 1. The summed E-state index contributed by atoms with van der Waals surface area (Å²) in [7, 11) is 1.28. The molecule has 6 nitrogen and oxygen atoms in total. The molecule has 0 unspecified atom stereocenters. The Morgan fingerprint density at radius 3 is 2.58 bits per heavy atom. The predicted octanol–water partition coefficient (Wildman–Crippen LogP) is 1.14. The third-order valence-corrected chi connectivity index (χ3v) is 2.23. The summed E-state index contributed by atoms with van der Waals surface area (Å²) < 4.78 is 14.6. The number of anilines is 1. The van der Waals surface area contributed by atoms with E-state index >= 15 is 0 Å². The number of benzene rings is 1. The molecule has 0 saturated carbocycles. The zero-order valence-electron chi connectivity index (χ0n) is 10.8. The molecule has 0 amide bonds. The average molecular weight is 267 g/mol. The Balaban J connectivity index is 2.15. The highest BCUT2D eigenvalue weighted by Gasteiger charge is 2.06. The van der Waals surface area contributed by atoms with Crippen molar-refractivity contribution < 1.29 is 23.8 Å². The lowest BCUT2D eigenvalue weighted by Crippen LogP contribution is -2.13. The quantitative estimate of drug-likeness (QED) is 0.589. The molecule has 1 aromatic rings. The fraction of sp³-hybridized carbons (Fsp3) is 0.385. The summed E-state index contributed by atoms with van der Waals surface area (Å²) in [4.78, 5) is 22.1. The molecule has 0 saturated heterocycles. The molecule has 1 aromatic carbocycles. The summed E-state index contributed by atoms with van der Waals surface area (Å²) in [5.74, 6) is -0.237. The van der Waals surface area contributed by atoms with E-state index in [0.717, 1.165) is 0 Å². The van der Waals surface area contributed by atoms with Gasteiger partial charge in [0.1, 0.15) is 12.4 Å². The maximum atomic E-state index is 11.3. The van der Waals surface area contributed by atoms with Crippen molar-refractivity contribution in [3.05, 3.63) is 24.3 Å². The van der Waals surface area contributed by atoms with Crippen molar-refractivity contribution in [3.63, 3.8) is 0 Å². The van der Waals surface area contributed by atoms with Crippen molar-refractivity contribution >= 4 is 17.6 Å². The number of rotatable bonds is 7. The lowest BCUT2D eigenvalue weighted by atomic mass is 10.3. The fourth-order valence-corrected chi connectivity index (χ4v) is 1.28. The highest BCUT2D eigenvalue weighted by atomic mass is 16.5. The summed E-state index contributed by atoms with van der Waals surface area (Å²) in [6, 6.07) is 6.93. The Kier molecular flexibility index (Phi) is 6.21. The minimum Gasteiger partial charge on any atom is -0.493 e. The van der Waals surface area contributed by atoms with Crippen molar-refractivity contribution in [1.82, 2.24) is 0 Å². The molecule has 0 radical (unpaired) electrons. The Labute approximate surface area is 111 Å². The minimum atomic E-state index is -0.423. The molecule has 1 rings (SSSR count). The second-order valence-corrected chi connectivity index (χ2v) is 3.72. The summed E-state index contributed by atoms with van der Waals surface area (Å²) in [6.45, 7) is 0.213. The van der Waals surface area contributed by atoms with Crippen LogP contribution in [0.4, 0.5) is 5.69 Å². The van der Waals surface area contributed by atoms with Gasteiger partial charge < -0.3 is 19.9 Å². The van der Waals surface area contributed by atoms with E-state index in [4.69, 9.17) is 15.2 Å². The summed E-state index contributed by atoms with van der Waals surface area (Å²) in [5.41, 5.74) is 6.18. The fourth-order valence-electron chi connectivity index (χ4n) is 1.28. The molecule has 0 aliphatic rings. The van der Waals surface area contributed by atoms with E-state index < -0.39 is 11.9 Å². The lowest BCUT2D eigenvalue weighted by molar-refractivity contribution is -0.148. The monoisotopic (exact) mass is 267 g/mol. The predicted molar refractivity (Wildman–Crippen MR) is 68.6 cm³/mol. The molecule has 104 valence electrons. The molecule has 0 spiro atoms. The number of hydrogen-bond donors (Lipinski definition) is 1. The highest BCUT2D eigenvalue weighted by Crippen LogP contribution is 2.14. The van der Waals surface area contributed by atoms with Gasteiger partial charge in [-0.1, -0.05) is 6.07 Å². The van der Waals surface area contributed by atoms with Crippen molar-refractivity contribution in [2.24, 2.45) is 0 Å². The third kappa shape index (κ3) is 6.30. The Morgan fingerprint density at radius 2 is 1.89 bits per heavy atom. The van der Waals surface area contributed by atoms with E-state index in [9.17, 15) is 9.59 Å². The topological polar surface area (TPSA) is 87.8 Å². The van der Waals surface area contributed by atoms with Crippen LogP contribution in [0.15, 0.2) is 24.3 Å². The molecule has 0 aliphatic heterocycles. The standard InChI is InChI=1S/C13H17NO5/c1-17-12(15)5-8-19-13(16)6-7-18-11-4-2-3-10(14)9-11/h2-4,9H,5-8,14H2,1H3. The van der Waals surface area contributed by atoms with Crippen LogP contribution in [0.3, 0.4) is 0 Å². The first-order chi connectivity index (χ1) is 9.11. The average Bonchev–Trinajstić information content (AvgIpc) is 2.38. The number of nitrogen functional groups attached to an aromatic ring is 1. The van der Waals surface area contributed by atoms with Crippen LogP contribution < -0.4 is 10.5 Å². The van der Waals surface area contributed by atoms with E-state index in [1.807, 2.05) is 0 Å². The molecule has 0 atom stereocenters. The van der Waals surface area contributed by atoms with Gasteiger partial charge in [-0.2, -0.15) is 0 Å². The van der Waals surface area contributed by atoms with E-state index in [1.54, 1.807) is 24.3 Å². The van der Waals surface area contributed by atoms with Crippen LogP contribution in [0.1, 0.15) is 12.8 Å². The van der Waals surface area contributed by atoms with Crippen LogP contribution in [0.5, 0.6) is 5.75 Å². The summed E-state index contributed by atoms with van der Waals surface area (Å²) in [6.07, 6.45) is 0.161. The molecular formula is C13H17NO5. The van der Waals surface area contributed by atoms with Gasteiger partial charge in [0, 0.05) is 11.8 Å². The number of hydrogen-bond acceptors (Lipinski definition) is 6. The first kappa shape index (κ1) is 14.8. The van der Waals surface area contributed by atoms with Gasteiger partial charge in [0.15, 0.2) is 0 Å². The van der Waals surface area contributed by atoms with Gasteiger partial charge >= 0.3 is 11.9 Å².